The van der Waals surface area contributed by atoms with Gasteiger partial charge in [0.15, 0.2) is 9.84 Å². The topological polar surface area (TPSA) is 75.7 Å². The summed E-state index contributed by atoms with van der Waals surface area (Å²) in [6, 6.07) is 4.77. The fraction of sp³-hybridized carbons (Fsp3) is 0.417. The van der Waals surface area contributed by atoms with Gasteiger partial charge in [-0.3, -0.25) is 4.79 Å². The molecule has 1 amide bonds. The number of rotatable bonds is 1. The van der Waals surface area contributed by atoms with Gasteiger partial charge in [-0.15, -0.1) is 0 Å². The fourth-order valence-electron chi connectivity index (χ4n) is 2.52. The van der Waals surface area contributed by atoms with Crippen LogP contribution in [0.3, 0.4) is 0 Å². The van der Waals surface area contributed by atoms with Crippen molar-refractivity contribution in [3.8, 4) is 5.75 Å². The van der Waals surface area contributed by atoms with Crippen molar-refractivity contribution in [3.05, 3.63) is 18.2 Å². The Morgan fingerprint density at radius 3 is 2.95 bits per heavy atom. The number of hydrogen-bond acceptors (Lipinski definition) is 5. The van der Waals surface area contributed by atoms with Gasteiger partial charge < -0.3 is 15.0 Å². The van der Waals surface area contributed by atoms with Crippen molar-refractivity contribution < 1.29 is 17.9 Å². The second kappa shape index (κ2) is 4.12. The molecule has 0 aliphatic carbocycles. The molecule has 2 heterocycles. The van der Waals surface area contributed by atoms with Crippen molar-refractivity contribution in [3.63, 3.8) is 0 Å². The molecule has 6 nitrogen and oxygen atoms in total. The molecule has 19 heavy (non-hydrogen) atoms. The molecule has 7 heteroatoms. The summed E-state index contributed by atoms with van der Waals surface area (Å²) in [6.07, 6.45) is 0. The number of methoxy groups -OCH3 is 1. The largest absolute Gasteiger partial charge is 0.497 e. The van der Waals surface area contributed by atoms with E-state index in [2.05, 4.69) is 5.32 Å². The first-order valence-electron chi connectivity index (χ1n) is 5.96. The zero-order valence-electron chi connectivity index (χ0n) is 10.4. The molecule has 2 aliphatic rings. The Balaban J connectivity index is 2.03. The number of hydrogen-bond donors (Lipinski definition) is 1. The van der Waals surface area contributed by atoms with Crippen molar-refractivity contribution in [2.75, 3.05) is 35.4 Å². The number of benzene rings is 1. The van der Waals surface area contributed by atoms with Crippen LogP contribution in [0.15, 0.2) is 18.2 Å². The highest BCUT2D eigenvalue weighted by Crippen LogP contribution is 2.36. The Bertz CT molecular complexity index is 641. The number of nitrogens with one attached hydrogen (secondary N) is 1. The van der Waals surface area contributed by atoms with Gasteiger partial charge in [-0.2, -0.15) is 0 Å². The molecule has 0 radical (unpaired) electrons. The standard InChI is InChI=1S/C12H14N2O4S/c1-18-8-2-3-10-9(6-8)13-12(15)11-7-19(16,17)5-4-14(10)11/h2-3,6,11H,4-5,7H2,1H3,(H,13,15). The van der Waals surface area contributed by atoms with Crippen LogP contribution in [-0.2, 0) is 14.6 Å². The van der Waals surface area contributed by atoms with Crippen LogP contribution in [0.2, 0.25) is 0 Å². The number of carbonyl (C=O) groups excluding carboxylic acids is 1. The van der Waals surface area contributed by atoms with Crippen molar-refractivity contribution in [2.45, 2.75) is 6.04 Å². The highest BCUT2D eigenvalue weighted by Gasteiger charge is 2.40. The molecule has 1 atom stereocenters. The smallest absolute Gasteiger partial charge is 0.248 e. The number of ether oxygens (including phenoxy) is 1. The van der Waals surface area contributed by atoms with E-state index in [1.165, 1.54) is 0 Å². The van der Waals surface area contributed by atoms with Gasteiger partial charge in [-0.05, 0) is 12.1 Å². The highest BCUT2D eigenvalue weighted by atomic mass is 32.2. The molecule has 0 bridgehead atoms. The van der Waals surface area contributed by atoms with E-state index in [0.717, 1.165) is 5.69 Å². The minimum absolute atomic E-state index is 0.0856. The maximum Gasteiger partial charge on any atom is 0.248 e. The molecular formula is C12H14N2O4S. The van der Waals surface area contributed by atoms with Crippen molar-refractivity contribution in [1.29, 1.82) is 0 Å². The third-order valence-corrected chi connectivity index (χ3v) is 5.13. The highest BCUT2D eigenvalue weighted by molar-refractivity contribution is 7.91. The number of nitrogens with zero attached hydrogens (tertiary/aromatic N) is 1. The Kier molecular flexibility index (Phi) is 2.67. The van der Waals surface area contributed by atoms with Crippen LogP contribution in [-0.4, -0.2) is 45.5 Å². The number of fused-ring (bicyclic) bond motifs is 3. The molecule has 1 fully saturated rings. The number of carbonyl (C=O) groups is 1. The lowest BCUT2D eigenvalue weighted by molar-refractivity contribution is -0.117. The van der Waals surface area contributed by atoms with Gasteiger partial charge in [-0.25, -0.2) is 8.42 Å². The number of anilines is 2. The minimum atomic E-state index is -3.13. The average Bonchev–Trinajstić information content (AvgIpc) is 2.37. The van der Waals surface area contributed by atoms with Gasteiger partial charge in [0.05, 0.1) is 30.0 Å². The summed E-state index contributed by atoms with van der Waals surface area (Å²) in [5.74, 6) is 0.346. The normalized spacial score (nSPS) is 24.2. The van der Waals surface area contributed by atoms with E-state index >= 15 is 0 Å². The van der Waals surface area contributed by atoms with Gasteiger partial charge in [0.2, 0.25) is 5.91 Å². The minimum Gasteiger partial charge on any atom is -0.497 e. The molecule has 0 spiro atoms. The predicted molar refractivity (Wildman–Crippen MR) is 71.4 cm³/mol. The lowest BCUT2D eigenvalue weighted by Crippen LogP contribution is -2.56. The SMILES string of the molecule is COc1ccc2c(c1)NC(=O)C1CS(=O)(=O)CCN21. The number of sulfone groups is 1. The van der Waals surface area contributed by atoms with E-state index in [1.54, 1.807) is 19.2 Å². The summed E-state index contributed by atoms with van der Waals surface area (Å²) in [4.78, 5) is 13.9. The molecule has 1 aromatic rings. The van der Waals surface area contributed by atoms with Crippen LogP contribution in [0.25, 0.3) is 0 Å². The molecular weight excluding hydrogens is 268 g/mol. The monoisotopic (exact) mass is 282 g/mol. The molecule has 1 unspecified atom stereocenters. The lowest BCUT2D eigenvalue weighted by Gasteiger charge is -2.40. The van der Waals surface area contributed by atoms with Gasteiger partial charge in [0, 0.05) is 12.6 Å². The van der Waals surface area contributed by atoms with Gasteiger partial charge in [0.1, 0.15) is 11.8 Å². The van der Waals surface area contributed by atoms with Gasteiger partial charge in [0.25, 0.3) is 0 Å². The summed E-state index contributed by atoms with van der Waals surface area (Å²) in [7, 11) is -1.57. The Morgan fingerprint density at radius 1 is 1.42 bits per heavy atom. The van der Waals surface area contributed by atoms with E-state index in [4.69, 9.17) is 4.74 Å². The molecule has 1 N–H and O–H groups in total. The van der Waals surface area contributed by atoms with Crippen LogP contribution in [0, 0.1) is 0 Å². The van der Waals surface area contributed by atoms with Crippen molar-refractivity contribution in [1.82, 2.24) is 0 Å². The summed E-state index contributed by atoms with van der Waals surface area (Å²) in [6.45, 7) is 0.347. The molecule has 1 saturated heterocycles. The molecule has 1 aromatic carbocycles. The quantitative estimate of drug-likeness (QED) is 0.799. The predicted octanol–water partition coefficient (Wildman–Crippen LogP) is 0.251. The molecule has 102 valence electrons. The number of amides is 1. The van der Waals surface area contributed by atoms with Crippen LogP contribution in [0.5, 0.6) is 5.75 Å². The second-order valence-electron chi connectivity index (χ2n) is 4.70. The average molecular weight is 282 g/mol. The van der Waals surface area contributed by atoms with Crippen LogP contribution in [0.4, 0.5) is 11.4 Å². The van der Waals surface area contributed by atoms with Gasteiger partial charge >= 0.3 is 0 Å². The van der Waals surface area contributed by atoms with E-state index in [9.17, 15) is 13.2 Å². The lowest BCUT2D eigenvalue weighted by atomic mass is 10.1. The van der Waals surface area contributed by atoms with Crippen molar-refractivity contribution >= 4 is 27.1 Å². The van der Waals surface area contributed by atoms with E-state index < -0.39 is 15.9 Å². The zero-order chi connectivity index (χ0) is 13.6. The third kappa shape index (κ3) is 2.03. The first-order chi connectivity index (χ1) is 9.00. The maximum atomic E-state index is 12.0. The van der Waals surface area contributed by atoms with Crippen LogP contribution >= 0.6 is 0 Å². The van der Waals surface area contributed by atoms with Gasteiger partial charge in [-0.1, -0.05) is 0 Å². The Labute approximate surface area is 111 Å². The summed E-state index contributed by atoms with van der Waals surface area (Å²) >= 11 is 0. The summed E-state index contributed by atoms with van der Waals surface area (Å²) in [5, 5.41) is 2.75. The third-order valence-electron chi connectivity index (χ3n) is 3.50. The zero-order valence-corrected chi connectivity index (χ0v) is 11.2. The molecule has 0 aromatic heterocycles. The van der Waals surface area contributed by atoms with Crippen LogP contribution in [0.1, 0.15) is 0 Å². The first-order valence-corrected chi connectivity index (χ1v) is 7.78. The second-order valence-corrected chi connectivity index (χ2v) is 6.92. The summed E-state index contributed by atoms with van der Waals surface area (Å²) < 4.78 is 28.4. The van der Waals surface area contributed by atoms with E-state index in [0.29, 0.717) is 18.0 Å². The maximum absolute atomic E-state index is 12.0. The first kappa shape index (κ1) is 12.3. The fourth-order valence-corrected chi connectivity index (χ4v) is 3.98. The van der Waals surface area contributed by atoms with E-state index in [-0.39, 0.29) is 17.4 Å². The summed E-state index contributed by atoms with van der Waals surface area (Å²) in [5.41, 5.74) is 1.51. The molecule has 3 rings (SSSR count). The van der Waals surface area contributed by atoms with Crippen LogP contribution < -0.4 is 15.0 Å². The molecule has 0 saturated carbocycles. The van der Waals surface area contributed by atoms with Crippen molar-refractivity contribution in [2.24, 2.45) is 0 Å². The van der Waals surface area contributed by atoms with E-state index in [1.807, 2.05) is 11.0 Å². The Morgan fingerprint density at radius 2 is 2.21 bits per heavy atom. The Hall–Kier alpha value is -1.76. The molecule has 2 aliphatic heterocycles.